The molecular formula is C17H17NO6. The number of para-hydroxylation sites is 2. The number of amides is 1. The number of furan rings is 1. The van der Waals surface area contributed by atoms with E-state index in [1.807, 2.05) is 24.3 Å². The van der Waals surface area contributed by atoms with Crippen LogP contribution in [0.5, 0.6) is 11.5 Å². The molecule has 126 valence electrons. The predicted molar refractivity (Wildman–Crippen MR) is 83.4 cm³/mol. The number of carbonyl (C=O) groups is 2. The van der Waals surface area contributed by atoms with E-state index in [0.29, 0.717) is 24.7 Å². The van der Waals surface area contributed by atoms with Crippen molar-refractivity contribution < 1.29 is 28.2 Å². The molecule has 0 aliphatic carbocycles. The lowest BCUT2D eigenvalue weighted by molar-refractivity contribution is 0.0491. The van der Waals surface area contributed by atoms with Crippen LogP contribution < -0.4 is 9.47 Å². The molecule has 1 unspecified atom stereocenters. The molecule has 2 heterocycles. The van der Waals surface area contributed by atoms with Crippen molar-refractivity contribution in [3.05, 3.63) is 47.9 Å². The van der Waals surface area contributed by atoms with E-state index in [1.165, 1.54) is 24.1 Å². The van der Waals surface area contributed by atoms with Gasteiger partial charge in [0.15, 0.2) is 23.4 Å². The third kappa shape index (κ3) is 3.19. The first-order chi connectivity index (χ1) is 11.6. The number of rotatable bonds is 4. The van der Waals surface area contributed by atoms with Gasteiger partial charge in [-0.1, -0.05) is 12.1 Å². The summed E-state index contributed by atoms with van der Waals surface area (Å²) in [5.41, 5.74) is 0. The van der Waals surface area contributed by atoms with Crippen LogP contribution in [0.15, 0.2) is 40.8 Å². The molecule has 0 saturated carbocycles. The van der Waals surface area contributed by atoms with Crippen LogP contribution in [0.2, 0.25) is 0 Å². The van der Waals surface area contributed by atoms with E-state index in [2.05, 4.69) is 4.74 Å². The highest BCUT2D eigenvalue weighted by Crippen LogP contribution is 2.31. The molecule has 1 amide bonds. The summed E-state index contributed by atoms with van der Waals surface area (Å²) < 4.78 is 21.2. The minimum absolute atomic E-state index is 0.0135. The Morgan fingerprint density at radius 2 is 1.88 bits per heavy atom. The van der Waals surface area contributed by atoms with Crippen LogP contribution in [0.4, 0.5) is 0 Å². The molecule has 0 spiro atoms. The zero-order valence-electron chi connectivity index (χ0n) is 13.4. The largest absolute Gasteiger partial charge is 0.486 e. The molecule has 0 fully saturated rings. The maximum atomic E-state index is 12.4. The summed E-state index contributed by atoms with van der Waals surface area (Å²) in [5, 5.41) is 0. The van der Waals surface area contributed by atoms with Crippen molar-refractivity contribution in [3.63, 3.8) is 0 Å². The van der Waals surface area contributed by atoms with Gasteiger partial charge in [-0.25, -0.2) is 4.79 Å². The maximum absolute atomic E-state index is 12.4. The smallest absolute Gasteiger partial charge is 0.373 e. The van der Waals surface area contributed by atoms with Crippen molar-refractivity contribution in [3.8, 4) is 11.5 Å². The van der Waals surface area contributed by atoms with Gasteiger partial charge < -0.3 is 23.5 Å². The number of benzene rings is 1. The number of esters is 1. The van der Waals surface area contributed by atoms with E-state index in [0.717, 1.165) is 0 Å². The quantitative estimate of drug-likeness (QED) is 0.797. The van der Waals surface area contributed by atoms with Gasteiger partial charge in [-0.05, 0) is 24.3 Å². The molecule has 0 N–H and O–H groups in total. The van der Waals surface area contributed by atoms with Gasteiger partial charge in [-0.2, -0.15) is 0 Å². The summed E-state index contributed by atoms with van der Waals surface area (Å²) in [4.78, 5) is 25.2. The highest BCUT2D eigenvalue weighted by molar-refractivity contribution is 5.93. The Hall–Kier alpha value is -2.96. The summed E-state index contributed by atoms with van der Waals surface area (Å²) in [6.07, 6.45) is -0.288. The summed E-state index contributed by atoms with van der Waals surface area (Å²) in [6.45, 7) is 0.668. The molecule has 7 heteroatoms. The standard InChI is InChI=1S/C17H17NO6/c1-18(16(19)14-7-8-15(24-14)17(20)21-2)9-11-10-22-12-5-3-4-6-13(12)23-11/h3-8,11H,9-10H2,1-2H3. The Morgan fingerprint density at radius 1 is 1.17 bits per heavy atom. The van der Waals surface area contributed by atoms with Gasteiger partial charge in [-0.15, -0.1) is 0 Å². The second-order valence-electron chi connectivity index (χ2n) is 5.34. The lowest BCUT2D eigenvalue weighted by atomic mass is 10.2. The first-order valence-electron chi connectivity index (χ1n) is 7.40. The second kappa shape index (κ2) is 6.66. The molecular weight excluding hydrogens is 314 g/mol. The van der Waals surface area contributed by atoms with E-state index < -0.39 is 5.97 Å². The fraction of sp³-hybridized carbons (Fsp3) is 0.294. The molecule has 1 aromatic carbocycles. The van der Waals surface area contributed by atoms with Crippen LogP contribution in [-0.4, -0.2) is 50.2 Å². The highest BCUT2D eigenvalue weighted by atomic mass is 16.6. The van der Waals surface area contributed by atoms with Crippen molar-refractivity contribution >= 4 is 11.9 Å². The maximum Gasteiger partial charge on any atom is 0.373 e. The predicted octanol–water partition coefficient (Wildman–Crippen LogP) is 1.98. The molecule has 1 aromatic heterocycles. The highest BCUT2D eigenvalue weighted by Gasteiger charge is 2.26. The topological polar surface area (TPSA) is 78.2 Å². The molecule has 1 atom stereocenters. The number of carbonyl (C=O) groups excluding carboxylic acids is 2. The average molecular weight is 331 g/mol. The Kier molecular flexibility index (Phi) is 4.41. The van der Waals surface area contributed by atoms with Crippen LogP contribution in [0.3, 0.4) is 0 Å². The molecule has 0 saturated heterocycles. The summed E-state index contributed by atoms with van der Waals surface area (Å²) in [5.74, 6) is 0.414. The summed E-state index contributed by atoms with van der Waals surface area (Å²) in [6, 6.07) is 10.2. The molecule has 1 aliphatic rings. The third-order valence-electron chi connectivity index (χ3n) is 3.60. The fourth-order valence-corrected chi connectivity index (χ4v) is 2.39. The van der Waals surface area contributed by atoms with Gasteiger partial charge in [0.2, 0.25) is 5.76 Å². The first kappa shape index (κ1) is 15.9. The summed E-state index contributed by atoms with van der Waals surface area (Å²) >= 11 is 0. The summed E-state index contributed by atoms with van der Waals surface area (Å²) in [7, 11) is 2.88. The normalized spacial score (nSPS) is 15.7. The van der Waals surface area contributed by atoms with Gasteiger partial charge in [0.1, 0.15) is 6.61 Å². The Labute approximate surface area is 138 Å². The Morgan fingerprint density at radius 3 is 2.62 bits per heavy atom. The fourth-order valence-electron chi connectivity index (χ4n) is 2.39. The number of ether oxygens (including phenoxy) is 3. The molecule has 24 heavy (non-hydrogen) atoms. The van der Waals surface area contributed by atoms with Crippen LogP contribution in [-0.2, 0) is 4.74 Å². The van der Waals surface area contributed by atoms with E-state index in [1.54, 1.807) is 7.05 Å². The SMILES string of the molecule is COC(=O)c1ccc(C(=O)N(C)CC2COc3ccccc3O2)o1. The van der Waals surface area contributed by atoms with Gasteiger partial charge in [-0.3, -0.25) is 4.79 Å². The number of fused-ring (bicyclic) bond motifs is 1. The Bertz CT molecular complexity index is 753. The molecule has 1 aliphatic heterocycles. The van der Waals surface area contributed by atoms with Gasteiger partial charge in [0, 0.05) is 7.05 Å². The van der Waals surface area contributed by atoms with Crippen molar-refractivity contribution in [2.75, 3.05) is 27.3 Å². The van der Waals surface area contributed by atoms with Crippen molar-refractivity contribution in [1.29, 1.82) is 0 Å². The van der Waals surface area contributed by atoms with Gasteiger partial charge in [0.25, 0.3) is 5.91 Å². The monoisotopic (exact) mass is 331 g/mol. The van der Waals surface area contributed by atoms with Crippen molar-refractivity contribution in [2.24, 2.45) is 0 Å². The molecule has 2 aromatic rings. The van der Waals surface area contributed by atoms with E-state index in [9.17, 15) is 9.59 Å². The van der Waals surface area contributed by atoms with Crippen molar-refractivity contribution in [2.45, 2.75) is 6.10 Å². The number of likely N-dealkylation sites (N-methyl/N-ethyl adjacent to an activating group) is 1. The molecule has 7 nitrogen and oxygen atoms in total. The van der Waals surface area contributed by atoms with Crippen LogP contribution in [0, 0.1) is 0 Å². The Balaban J connectivity index is 1.63. The minimum Gasteiger partial charge on any atom is -0.486 e. The number of hydrogen-bond acceptors (Lipinski definition) is 6. The lowest BCUT2D eigenvalue weighted by Gasteiger charge is -2.29. The number of methoxy groups -OCH3 is 1. The molecule has 3 rings (SSSR count). The van der Waals surface area contributed by atoms with Gasteiger partial charge in [0.05, 0.1) is 13.7 Å². The molecule has 0 bridgehead atoms. The zero-order valence-corrected chi connectivity index (χ0v) is 13.4. The number of nitrogens with zero attached hydrogens (tertiary/aromatic N) is 1. The van der Waals surface area contributed by atoms with Crippen LogP contribution in [0.1, 0.15) is 21.1 Å². The van der Waals surface area contributed by atoms with Crippen molar-refractivity contribution in [1.82, 2.24) is 4.90 Å². The van der Waals surface area contributed by atoms with Gasteiger partial charge >= 0.3 is 5.97 Å². The van der Waals surface area contributed by atoms with Crippen LogP contribution in [0.25, 0.3) is 0 Å². The third-order valence-corrected chi connectivity index (χ3v) is 3.60. The number of hydrogen-bond donors (Lipinski definition) is 0. The lowest BCUT2D eigenvalue weighted by Crippen LogP contribution is -2.41. The minimum atomic E-state index is -0.627. The second-order valence-corrected chi connectivity index (χ2v) is 5.34. The van der Waals surface area contributed by atoms with E-state index in [4.69, 9.17) is 13.9 Å². The first-order valence-corrected chi connectivity index (χ1v) is 7.40. The average Bonchev–Trinajstić information content (AvgIpc) is 3.10. The zero-order chi connectivity index (χ0) is 17.1. The van der Waals surface area contributed by atoms with E-state index in [-0.39, 0.29) is 23.5 Å². The molecule has 0 radical (unpaired) electrons. The van der Waals surface area contributed by atoms with Crippen LogP contribution >= 0.6 is 0 Å². The van der Waals surface area contributed by atoms with E-state index >= 15 is 0 Å².